The molecular formula is C18H22N6O3S2. The van der Waals surface area contributed by atoms with E-state index in [4.69, 9.17) is 0 Å². The monoisotopic (exact) mass is 434 g/mol. The van der Waals surface area contributed by atoms with Crippen molar-refractivity contribution < 1.29 is 4.79 Å². The first kappa shape index (κ1) is 21.2. The van der Waals surface area contributed by atoms with Gasteiger partial charge in [-0.2, -0.15) is 0 Å². The third-order valence-electron chi connectivity index (χ3n) is 4.41. The van der Waals surface area contributed by atoms with Gasteiger partial charge in [-0.1, -0.05) is 24.7 Å². The summed E-state index contributed by atoms with van der Waals surface area (Å²) in [7, 11) is 3.03. The van der Waals surface area contributed by atoms with Crippen molar-refractivity contribution >= 4 is 45.2 Å². The topological polar surface area (TPSA) is 112 Å². The number of carbonyl (C=O) groups excluding carboxylic acids is 1. The molecule has 1 N–H and O–H groups in total. The van der Waals surface area contributed by atoms with Crippen LogP contribution in [0.15, 0.2) is 20.7 Å². The van der Waals surface area contributed by atoms with Crippen molar-refractivity contribution in [3.8, 4) is 0 Å². The van der Waals surface area contributed by atoms with E-state index in [1.54, 1.807) is 13.2 Å². The van der Waals surface area contributed by atoms with E-state index < -0.39 is 11.2 Å². The number of nitrogens with zero attached hydrogens (tertiary/aromatic N) is 5. The van der Waals surface area contributed by atoms with Gasteiger partial charge in [0.25, 0.3) is 5.56 Å². The maximum absolute atomic E-state index is 12.9. The summed E-state index contributed by atoms with van der Waals surface area (Å²) in [6.45, 7) is 3.90. The summed E-state index contributed by atoms with van der Waals surface area (Å²) in [6, 6.07) is 0. The first-order valence-electron chi connectivity index (χ1n) is 9.13. The molecule has 3 heterocycles. The normalized spacial score (nSPS) is 11.2. The van der Waals surface area contributed by atoms with Gasteiger partial charge in [0.1, 0.15) is 10.7 Å². The summed E-state index contributed by atoms with van der Waals surface area (Å²) in [5, 5.41) is 12.1. The van der Waals surface area contributed by atoms with Crippen LogP contribution in [0, 0.1) is 6.92 Å². The molecule has 3 aromatic heterocycles. The molecule has 0 fully saturated rings. The Morgan fingerprint density at radius 1 is 1.24 bits per heavy atom. The quantitative estimate of drug-likeness (QED) is 0.565. The predicted octanol–water partition coefficient (Wildman–Crippen LogP) is 1.87. The molecule has 0 atom stereocenters. The lowest BCUT2D eigenvalue weighted by atomic mass is 10.1. The Bertz CT molecular complexity index is 1180. The molecule has 3 rings (SSSR count). The maximum Gasteiger partial charge on any atom is 0.332 e. The second-order valence-electron chi connectivity index (χ2n) is 6.58. The van der Waals surface area contributed by atoms with Gasteiger partial charge in [-0.3, -0.25) is 24.0 Å². The molecule has 0 saturated carbocycles. The lowest BCUT2D eigenvalue weighted by molar-refractivity contribution is -0.113. The fourth-order valence-corrected chi connectivity index (χ4v) is 4.51. The van der Waals surface area contributed by atoms with Crippen LogP contribution in [0.1, 0.15) is 30.3 Å². The summed E-state index contributed by atoms with van der Waals surface area (Å²) >= 11 is 2.57. The lowest BCUT2D eigenvalue weighted by Gasteiger charge is -2.14. The molecule has 154 valence electrons. The number of aromatic nitrogens is 5. The molecule has 0 aliphatic rings. The zero-order valence-electron chi connectivity index (χ0n) is 16.7. The highest BCUT2D eigenvalue weighted by Crippen LogP contribution is 2.29. The fraction of sp³-hybridized carbons (Fsp3) is 0.444. The minimum atomic E-state index is -0.434. The number of thioether (sulfide) groups is 1. The van der Waals surface area contributed by atoms with Crippen LogP contribution >= 0.6 is 23.1 Å². The Labute approximate surface area is 175 Å². The number of pyridine rings is 1. The SMILES string of the molecule is CCCCc1cnc2c(c1SCC(=O)Nc1nnc(C)s1)c(=O)n(C)c(=O)n2C. The van der Waals surface area contributed by atoms with Crippen LogP contribution in [-0.2, 0) is 25.3 Å². The fourth-order valence-electron chi connectivity index (χ4n) is 2.89. The van der Waals surface area contributed by atoms with E-state index in [1.165, 1.54) is 34.7 Å². The van der Waals surface area contributed by atoms with Gasteiger partial charge < -0.3 is 0 Å². The Hall–Kier alpha value is -2.53. The molecule has 0 aromatic carbocycles. The Balaban J connectivity index is 1.99. The van der Waals surface area contributed by atoms with Crippen LogP contribution < -0.4 is 16.6 Å². The first-order valence-corrected chi connectivity index (χ1v) is 10.9. The summed E-state index contributed by atoms with van der Waals surface area (Å²) in [5.41, 5.74) is 0.383. The number of aryl methyl sites for hydroxylation is 3. The van der Waals surface area contributed by atoms with Crippen molar-refractivity contribution in [1.29, 1.82) is 0 Å². The number of fused-ring (bicyclic) bond motifs is 1. The molecule has 29 heavy (non-hydrogen) atoms. The van der Waals surface area contributed by atoms with E-state index in [1.807, 2.05) is 6.92 Å². The number of rotatable bonds is 7. The first-order chi connectivity index (χ1) is 13.8. The molecule has 0 bridgehead atoms. The van der Waals surface area contributed by atoms with Crippen molar-refractivity contribution in [2.24, 2.45) is 14.1 Å². The van der Waals surface area contributed by atoms with E-state index >= 15 is 0 Å². The van der Waals surface area contributed by atoms with Crippen LogP contribution in [0.2, 0.25) is 0 Å². The Morgan fingerprint density at radius 2 is 2.00 bits per heavy atom. The van der Waals surface area contributed by atoms with Crippen LogP contribution in [0.3, 0.4) is 0 Å². The van der Waals surface area contributed by atoms with E-state index in [9.17, 15) is 14.4 Å². The van der Waals surface area contributed by atoms with E-state index in [0.717, 1.165) is 34.4 Å². The van der Waals surface area contributed by atoms with Gasteiger partial charge in [0, 0.05) is 25.2 Å². The zero-order chi connectivity index (χ0) is 21.1. The maximum atomic E-state index is 12.9. The second-order valence-corrected chi connectivity index (χ2v) is 8.75. The highest BCUT2D eigenvalue weighted by molar-refractivity contribution is 8.00. The third kappa shape index (κ3) is 4.40. The number of nitrogens with one attached hydrogen (secondary N) is 1. The average Bonchev–Trinajstić information content (AvgIpc) is 3.11. The summed E-state index contributed by atoms with van der Waals surface area (Å²) in [6.07, 6.45) is 4.36. The van der Waals surface area contributed by atoms with Crippen LogP contribution in [0.4, 0.5) is 5.13 Å². The molecule has 1 amide bonds. The molecule has 0 saturated heterocycles. The molecular weight excluding hydrogens is 412 g/mol. The molecule has 0 aliphatic heterocycles. The standard InChI is InChI=1S/C18H22N6O3S2/c1-5-6-7-11-8-19-15-13(16(26)24(4)18(27)23(15)3)14(11)28-9-12(25)20-17-22-21-10(2)29-17/h8H,5-7,9H2,1-4H3,(H,20,22,25). The molecule has 0 aliphatic carbocycles. The molecule has 9 nitrogen and oxygen atoms in total. The largest absolute Gasteiger partial charge is 0.332 e. The predicted molar refractivity (Wildman–Crippen MR) is 115 cm³/mol. The van der Waals surface area contributed by atoms with Gasteiger partial charge >= 0.3 is 5.69 Å². The van der Waals surface area contributed by atoms with E-state index in [-0.39, 0.29) is 11.7 Å². The third-order valence-corrected chi connectivity index (χ3v) is 6.33. The van der Waals surface area contributed by atoms with Gasteiger partial charge in [0.15, 0.2) is 0 Å². The second kappa shape index (κ2) is 8.87. The number of hydrogen-bond acceptors (Lipinski definition) is 8. The van der Waals surface area contributed by atoms with Crippen LogP contribution in [-0.4, -0.2) is 36.0 Å². The van der Waals surface area contributed by atoms with Crippen molar-refractivity contribution in [2.75, 3.05) is 11.1 Å². The van der Waals surface area contributed by atoms with Crippen molar-refractivity contribution in [1.82, 2.24) is 24.3 Å². The number of unbranched alkanes of at least 4 members (excludes halogenated alkanes) is 1. The van der Waals surface area contributed by atoms with E-state index in [2.05, 4.69) is 27.4 Å². The van der Waals surface area contributed by atoms with E-state index in [0.29, 0.717) is 21.1 Å². The minimum Gasteiger partial charge on any atom is -0.300 e. The van der Waals surface area contributed by atoms with Crippen LogP contribution in [0.5, 0.6) is 0 Å². The number of amides is 1. The van der Waals surface area contributed by atoms with Gasteiger partial charge in [-0.05, 0) is 25.3 Å². The minimum absolute atomic E-state index is 0.100. The lowest BCUT2D eigenvalue weighted by Crippen LogP contribution is -2.37. The average molecular weight is 435 g/mol. The van der Waals surface area contributed by atoms with Crippen molar-refractivity contribution in [3.63, 3.8) is 0 Å². The van der Waals surface area contributed by atoms with Gasteiger partial charge in [0.05, 0.1) is 11.1 Å². The highest BCUT2D eigenvalue weighted by atomic mass is 32.2. The summed E-state index contributed by atoms with van der Waals surface area (Å²) in [4.78, 5) is 42.6. The van der Waals surface area contributed by atoms with Gasteiger partial charge in [0.2, 0.25) is 11.0 Å². The van der Waals surface area contributed by atoms with Gasteiger partial charge in [-0.25, -0.2) is 9.78 Å². The summed E-state index contributed by atoms with van der Waals surface area (Å²) < 4.78 is 2.43. The Kier molecular flexibility index (Phi) is 6.48. The summed E-state index contributed by atoms with van der Waals surface area (Å²) in [5.74, 6) is -0.137. The number of anilines is 1. The molecule has 0 spiro atoms. The highest BCUT2D eigenvalue weighted by Gasteiger charge is 2.19. The number of carbonyl (C=O) groups is 1. The molecule has 0 radical (unpaired) electrons. The van der Waals surface area contributed by atoms with Crippen molar-refractivity contribution in [3.05, 3.63) is 37.6 Å². The van der Waals surface area contributed by atoms with Crippen LogP contribution in [0.25, 0.3) is 11.0 Å². The molecule has 3 aromatic rings. The van der Waals surface area contributed by atoms with Crippen molar-refractivity contribution in [2.45, 2.75) is 38.0 Å². The smallest absolute Gasteiger partial charge is 0.300 e. The molecule has 11 heteroatoms. The Morgan fingerprint density at radius 3 is 2.66 bits per heavy atom. The molecule has 0 unspecified atom stereocenters. The van der Waals surface area contributed by atoms with Gasteiger partial charge in [-0.15, -0.1) is 22.0 Å². The zero-order valence-corrected chi connectivity index (χ0v) is 18.3. The number of hydrogen-bond donors (Lipinski definition) is 1.